The van der Waals surface area contributed by atoms with E-state index in [0.29, 0.717) is 0 Å². The number of hydrogen-bond donors (Lipinski definition) is 3. The molecule has 0 saturated carbocycles. The van der Waals surface area contributed by atoms with Crippen LogP contribution in [0.2, 0.25) is 0 Å². The third kappa shape index (κ3) is 1.77. The molecule has 0 aromatic carbocycles. The number of β-lactam (4-membered cyclic amide) rings is 1. The van der Waals surface area contributed by atoms with Gasteiger partial charge in [0.15, 0.2) is 10.8 Å². The predicted octanol–water partition coefficient (Wildman–Crippen LogP) is -0.362. The van der Waals surface area contributed by atoms with E-state index < -0.39 is 40.6 Å². The van der Waals surface area contributed by atoms with Crippen LogP contribution in [0.25, 0.3) is 0 Å². The van der Waals surface area contributed by atoms with Crippen LogP contribution in [-0.2, 0) is 14.3 Å². The van der Waals surface area contributed by atoms with Crippen molar-refractivity contribution in [3.8, 4) is 0 Å². The van der Waals surface area contributed by atoms with Crippen molar-refractivity contribution in [2.45, 2.75) is 24.8 Å². The van der Waals surface area contributed by atoms with E-state index in [1.54, 1.807) is 6.92 Å². The smallest absolute Gasteiger partial charge is 0.410 e. The van der Waals surface area contributed by atoms with Crippen molar-refractivity contribution >= 4 is 29.7 Å². The predicted molar refractivity (Wildman–Crippen MR) is 63.3 cm³/mol. The molecule has 9 heteroatoms. The maximum absolute atomic E-state index is 11.9. The molecule has 1 unspecified atom stereocenters. The minimum absolute atomic E-state index is 0.237. The first-order valence-corrected chi connectivity index (χ1v) is 6.17. The van der Waals surface area contributed by atoms with Crippen molar-refractivity contribution in [2.24, 2.45) is 11.7 Å². The van der Waals surface area contributed by atoms with Crippen LogP contribution in [0.4, 0.5) is 4.79 Å². The molecule has 2 aliphatic rings. The number of aliphatic carboxylic acids is 1. The fourth-order valence-corrected chi connectivity index (χ4v) is 3.90. The van der Waals surface area contributed by atoms with Crippen LogP contribution in [0, 0.1) is 5.92 Å². The van der Waals surface area contributed by atoms with Crippen molar-refractivity contribution in [2.75, 3.05) is 0 Å². The average molecular weight is 288 g/mol. The zero-order valence-corrected chi connectivity index (χ0v) is 10.9. The van der Waals surface area contributed by atoms with E-state index in [2.05, 4.69) is 4.74 Å². The third-order valence-electron chi connectivity index (χ3n) is 3.10. The summed E-state index contributed by atoms with van der Waals surface area (Å²) in [6.45, 7) is 3.04. The number of primary amides is 1. The Morgan fingerprint density at radius 1 is 1.58 bits per heavy atom. The van der Waals surface area contributed by atoms with Crippen LogP contribution in [0.3, 0.4) is 0 Å². The first kappa shape index (κ1) is 13.7. The van der Waals surface area contributed by atoms with Gasteiger partial charge >= 0.3 is 12.1 Å². The first-order chi connectivity index (χ1) is 8.70. The molecular weight excluding hydrogens is 276 g/mol. The lowest BCUT2D eigenvalue weighted by atomic mass is 9.83. The Labute approximate surface area is 112 Å². The molecular formula is C10H12N2O6S. The molecule has 3 atom stereocenters. The summed E-state index contributed by atoms with van der Waals surface area (Å²) in [5.74, 6) is -2.68. The topological polar surface area (TPSA) is 130 Å². The number of aliphatic hydroxyl groups excluding tert-OH is 1. The number of carbonyl (C=O) groups is 3. The molecule has 19 heavy (non-hydrogen) atoms. The minimum atomic E-state index is -1.40. The monoisotopic (exact) mass is 288 g/mol. The molecule has 2 aliphatic heterocycles. The molecule has 8 nitrogen and oxygen atoms in total. The van der Waals surface area contributed by atoms with E-state index in [-0.39, 0.29) is 5.09 Å². The molecule has 0 aromatic heterocycles. The minimum Gasteiger partial charge on any atom is -0.476 e. The Balaban J connectivity index is 2.40. The molecule has 0 radical (unpaired) electrons. The van der Waals surface area contributed by atoms with Crippen LogP contribution in [0.5, 0.6) is 0 Å². The van der Waals surface area contributed by atoms with Crippen molar-refractivity contribution in [3.63, 3.8) is 0 Å². The number of nitrogens with two attached hydrogens (primary N) is 1. The second-order valence-corrected chi connectivity index (χ2v) is 5.81. The number of aliphatic hydroxyl groups is 1. The highest BCUT2D eigenvalue weighted by molar-refractivity contribution is 8.04. The molecule has 104 valence electrons. The molecule has 2 amide bonds. The molecule has 1 fully saturated rings. The molecule has 1 saturated heterocycles. The fourth-order valence-electron chi connectivity index (χ4n) is 2.43. The number of carboxylic acid groups (broad SMARTS) is 1. The Hall–Kier alpha value is -1.74. The third-order valence-corrected chi connectivity index (χ3v) is 4.41. The largest absolute Gasteiger partial charge is 0.476 e. The molecule has 4 N–H and O–H groups in total. The van der Waals surface area contributed by atoms with E-state index in [0.717, 1.165) is 16.7 Å². The van der Waals surface area contributed by atoms with Gasteiger partial charge in [-0.2, -0.15) is 0 Å². The van der Waals surface area contributed by atoms with Gasteiger partial charge in [-0.05, 0) is 13.8 Å². The second-order valence-electron chi connectivity index (χ2n) is 4.41. The molecule has 0 aromatic rings. The summed E-state index contributed by atoms with van der Waals surface area (Å²) in [4.78, 5) is 33.9. The number of rotatable bonds is 3. The normalized spacial score (nSPS) is 30.8. The zero-order valence-electron chi connectivity index (χ0n) is 10.1. The van der Waals surface area contributed by atoms with Crippen molar-refractivity contribution in [1.29, 1.82) is 0 Å². The molecule has 0 aliphatic carbocycles. The van der Waals surface area contributed by atoms with Gasteiger partial charge in [-0.3, -0.25) is 9.69 Å². The average Bonchev–Trinajstić information content (AvgIpc) is 2.45. The lowest BCUT2D eigenvalue weighted by Gasteiger charge is -2.51. The van der Waals surface area contributed by atoms with Crippen LogP contribution in [0.15, 0.2) is 10.8 Å². The Morgan fingerprint density at radius 2 is 2.16 bits per heavy atom. The molecule has 0 bridgehead atoms. The number of nitrogens with zero attached hydrogens (tertiary/aromatic N) is 1. The van der Waals surface area contributed by atoms with Gasteiger partial charge in [0.1, 0.15) is 4.87 Å². The number of fused-ring (bicyclic) bond motifs is 1. The SMILES string of the molecule is C[C@@H](O)C1C(=O)N2C(C(=O)O)=C(OC(N)=O)S[C@]12C. The second kappa shape index (κ2) is 4.14. The number of carbonyl (C=O) groups excluding carboxylic acids is 2. The Kier molecular flexibility index (Phi) is 2.98. The lowest BCUT2D eigenvalue weighted by molar-refractivity contribution is -0.165. The van der Waals surface area contributed by atoms with E-state index >= 15 is 0 Å². The van der Waals surface area contributed by atoms with E-state index in [4.69, 9.17) is 10.8 Å². The number of thioether (sulfide) groups is 1. The van der Waals surface area contributed by atoms with E-state index in [9.17, 15) is 19.5 Å². The quantitative estimate of drug-likeness (QED) is 0.604. The summed E-state index contributed by atoms with van der Waals surface area (Å²) in [6.07, 6.45) is -2.10. The standard InChI is InChI=1S/C10H12N2O6S/c1-3(13)4-6(14)12-5(7(15)16)8(18-9(11)17)19-10(4,12)2/h3-4,13H,1-2H3,(H2,11,17)(H,15,16)/t3-,4?,10-/m1/s1. The van der Waals surface area contributed by atoms with Crippen LogP contribution in [0.1, 0.15) is 13.8 Å². The lowest BCUT2D eigenvalue weighted by Crippen LogP contribution is -2.68. The number of carboxylic acids is 1. The van der Waals surface area contributed by atoms with Gasteiger partial charge < -0.3 is 20.7 Å². The van der Waals surface area contributed by atoms with Gasteiger partial charge in [-0.25, -0.2) is 9.59 Å². The van der Waals surface area contributed by atoms with Crippen molar-refractivity contribution in [3.05, 3.63) is 10.8 Å². The van der Waals surface area contributed by atoms with Crippen molar-refractivity contribution in [1.82, 2.24) is 4.90 Å². The van der Waals surface area contributed by atoms with Gasteiger partial charge in [0.2, 0.25) is 5.91 Å². The van der Waals surface area contributed by atoms with Gasteiger partial charge in [0, 0.05) is 0 Å². The Bertz CT molecular complexity index is 516. The maximum Gasteiger partial charge on any atom is 0.410 e. The van der Waals surface area contributed by atoms with Gasteiger partial charge in [0.25, 0.3) is 0 Å². The fraction of sp³-hybridized carbons (Fsp3) is 0.500. The highest BCUT2D eigenvalue weighted by Crippen LogP contribution is 2.58. The highest BCUT2D eigenvalue weighted by atomic mass is 32.2. The van der Waals surface area contributed by atoms with Crippen molar-refractivity contribution < 1.29 is 29.3 Å². The van der Waals surface area contributed by atoms with E-state index in [1.807, 2.05) is 0 Å². The summed E-state index contributed by atoms with van der Waals surface area (Å²) in [6, 6.07) is 0. The highest BCUT2D eigenvalue weighted by Gasteiger charge is 2.66. The molecule has 2 rings (SSSR count). The van der Waals surface area contributed by atoms with Gasteiger partial charge in [0.05, 0.1) is 12.0 Å². The van der Waals surface area contributed by atoms with Crippen LogP contribution in [-0.4, -0.2) is 44.1 Å². The molecule has 0 spiro atoms. The van der Waals surface area contributed by atoms with E-state index in [1.165, 1.54) is 6.92 Å². The first-order valence-electron chi connectivity index (χ1n) is 5.36. The van der Waals surface area contributed by atoms with Crippen LogP contribution < -0.4 is 5.73 Å². The number of amides is 2. The summed E-state index contributed by atoms with van der Waals surface area (Å²) in [5.41, 5.74) is 4.44. The Morgan fingerprint density at radius 3 is 2.58 bits per heavy atom. The summed E-state index contributed by atoms with van der Waals surface area (Å²) >= 11 is 0.889. The summed E-state index contributed by atoms with van der Waals surface area (Å²) in [5, 5.41) is 18.5. The molecule has 2 heterocycles. The zero-order chi connectivity index (χ0) is 14.5. The van der Waals surface area contributed by atoms with Crippen LogP contribution >= 0.6 is 11.8 Å². The number of ether oxygens (including phenoxy) is 1. The maximum atomic E-state index is 11.9. The number of hydrogen-bond acceptors (Lipinski definition) is 6. The van der Waals surface area contributed by atoms with Gasteiger partial charge in [-0.1, -0.05) is 11.8 Å². The summed E-state index contributed by atoms with van der Waals surface area (Å²) in [7, 11) is 0. The van der Waals surface area contributed by atoms with Gasteiger partial charge in [-0.15, -0.1) is 0 Å². The summed E-state index contributed by atoms with van der Waals surface area (Å²) < 4.78 is 4.63.